The lowest BCUT2D eigenvalue weighted by Gasteiger charge is -2.43. The highest BCUT2D eigenvalue weighted by molar-refractivity contribution is 5.75. The lowest BCUT2D eigenvalue weighted by Crippen LogP contribution is -2.54. The quantitative estimate of drug-likeness (QED) is 0.706. The number of carboxylic acid groups (broad SMARTS) is 1. The molecule has 1 aliphatic rings. The predicted molar refractivity (Wildman–Crippen MR) is 75.3 cm³/mol. The van der Waals surface area contributed by atoms with Crippen LogP contribution in [0.3, 0.4) is 0 Å². The van der Waals surface area contributed by atoms with Crippen molar-refractivity contribution < 1.29 is 23.5 Å². The van der Waals surface area contributed by atoms with E-state index in [0.717, 1.165) is 12.5 Å². The zero-order valence-corrected chi connectivity index (χ0v) is 12.0. The standard InChI is InChI=1S/C15H18F2N2O3/c16-10-4-5-11(12(17)9-10)15(6-2-7-15)19-14(22)18-8-1-3-13(20)21/h4-5,9H,1-3,6-8H2,(H,20,21)(H2,18,19,22). The van der Waals surface area contributed by atoms with Crippen LogP contribution >= 0.6 is 0 Å². The van der Waals surface area contributed by atoms with Crippen molar-refractivity contribution in [2.45, 2.75) is 37.6 Å². The van der Waals surface area contributed by atoms with Gasteiger partial charge in [-0.2, -0.15) is 0 Å². The van der Waals surface area contributed by atoms with E-state index in [-0.39, 0.29) is 18.5 Å². The zero-order valence-electron chi connectivity index (χ0n) is 12.0. The van der Waals surface area contributed by atoms with Gasteiger partial charge in [-0.05, 0) is 31.7 Å². The fraction of sp³-hybridized carbons (Fsp3) is 0.467. The van der Waals surface area contributed by atoms with Gasteiger partial charge in [0.05, 0.1) is 5.54 Å². The number of amides is 2. The van der Waals surface area contributed by atoms with E-state index in [2.05, 4.69) is 10.6 Å². The molecule has 0 heterocycles. The third kappa shape index (κ3) is 3.72. The summed E-state index contributed by atoms with van der Waals surface area (Å²) < 4.78 is 26.9. The smallest absolute Gasteiger partial charge is 0.315 e. The molecule has 0 atom stereocenters. The van der Waals surface area contributed by atoms with Gasteiger partial charge in [-0.3, -0.25) is 4.79 Å². The summed E-state index contributed by atoms with van der Waals surface area (Å²) in [6.45, 7) is 0.222. The first-order chi connectivity index (χ1) is 10.4. The Bertz CT molecular complexity index is 574. The van der Waals surface area contributed by atoms with E-state index in [0.29, 0.717) is 19.3 Å². The van der Waals surface area contributed by atoms with Gasteiger partial charge in [0.15, 0.2) is 0 Å². The number of carboxylic acids is 1. The Balaban J connectivity index is 1.96. The Kier molecular flexibility index (Phi) is 4.95. The third-order valence-corrected chi connectivity index (χ3v) is 3.86. The van der Waals surface area contributed by atoms with E-state index in [4.69, 9.17) is 5.11 Å². The molecule has 120 valence electrons. The van der Waals surface area contributed by atoms with Crippen LogP contribution in [0.1, 0.15) is 37.7 Å². The molecule has 3 N–H and O–H groups in total. The summed E-state index contributed by atoms with van der Waals surface area (Å²) in [6.07, 6.45) is 2.30. The number of hydrogen-bond acceptors (Lipinski definition) is 2. The molecule has 5 nitrogen and oxygen atoms in total. The number of aliphatic carboxylic acids is 1. The number of carbonyl (C=O) groups excluding carboxylic acids is 1. The molecule has 1 aromatic carbocycles. The monoisotopic (exact) mass is 312 g/mol. The molecule has 0 aliphatic heterocycles. The summed E-state index contributed by atoms with van der Waals surface area (Å²) in [5.74, 6) is -2.26. The Morgan fingerprint density at radius 3 is 2.55 bits per heavy atom. The summed E-state index contributed by atoms with van der Waals surface area (Å²) in [7, 11) is 0. The van der Waals surface area contributed by atoms with Crippen molar-refractivity contribution in [2.24, 2.45) is 0 Å². The molecular formula is C15H18F2N2O3. The van der Waals surface area contributed by atoms with E-state index in [9.17, 15) is 18.4 Å². The summed E-state index contributed by atoms with van der Waals surface area (Å²) >= 11 is 0. The number of carbonyl (C=O) groups is 2. The zero-order chi connectivity index (χ0) is 16.2. The summed E-state index contributed by atoms with van der Waals surface area (Å²) in [5, 5.41) is 13.8. The molecule has 2 rings (SSSR count). The van der Waals surface area contributed by atoms with Gasteiger partial charge >= 0.3 is 12.0 Å². The van der Waals surface area contributed by atoms with Crippen LogP contribution in [-0.4, -0.2) is 23.7 Å². The van der Waals surface area contributed by atoms with Crippen LogP contribution in [-0.2, 0) is 10.3 Å². The topological polar surface area (TPSA) is 78.4 Å². The van der Waals surface area contributed by atoms with E-state index in [1.165, 1.54) is 12.1 Å². The molecule has 1 aromatic rings. The Morgan fingerprint density at radius 2 is 2.00 bits per heavy atom. The van der Waals surface area contributed by atoms with E-state index >= 15 is 0 Å². The maximum atomic E-state index is 13.9. The van der Waals surface area contributed by atoms with Crippen LogP contribution in [0.25, 0.3) is 0 Å². The summed E-state index contributed by atoms with van der Waals surface area (Å²) in [5.41, 5.74) is -0.532. The first kappa shape index (κ1) is 16.2. The van der Waals surface area contributed by atoms with Crippen molar-refractivity contribution in [1.29, 1.82) is 0 Å². The Labute approximate surface area is 126 Å². The highest BCUT2D eigenvalue weighted by Crippen LogP contribution is 2.42. The van der Waals surface area contributed by atoms with Gasteiger partial charge in [0.25, 0.3) is 0 Å². The fourth-order valence-corrected chi connectivity index (χ4v) is 2.57. The van der Waals surface area contributed by atoms with Crippen LogP contribution in [0.5, 0.6) is 0 Å². The van der Waals surface area contributed by atoms with Crippen LogP contribution in [0, 0.1) is 11.6 Å². The van der Waals surface area contributed by atoms with Crippen molar-refractivity contribution in [1.82, 2.24) is 10.6 Å². The minimum atomic E-state index is -0.925. The minimum Gasteiger partial charge on any atom is -0.481 e. The van der Waals surface area contributed by atoms with Gasteiger partial charge in [-0.15, -0.1) is 0 Å². The normalized spacial score (nSPS) is 15.7. The highest BCUT2D eigenvalue weighted by atomic mass is 19.1. The van der Waals surface area contributed by atoms with E-state index in [1.54, 1.807) is 0 Å². The maximum absolute atomic E-state index is 13.9. The third-order valence-electron chi connectivity index (χ3n) is 3.86. The maximum Gasteiger partial charge on any atom is 0.315 e. The van der Waals surface area contributed by atoms with Gasteiger partial charge in [0.1, 0.15) is 11.6 Å². The first-order valence-electron chi connectivity index (χ1n) is 7.16. The molecular weight excluding hydrogens is 294 g/mol. The van der Waals surface area contributed by atoms with Gasteiger partial charge in [0, 0.05) is 24.6 Å². The van der Waals surface area contributed by atoms with Crippen molar-refractivity contribution in [2.75, 3.05) is 6.54 Å². The Morgan fingerprint density at radius 1 is 1.27 bits per heavy atom. The van der Waals surface area contributed by atoms with Crippen molar-refractivity contribution >= 4 is 12.0 Å². The Hall–Kier alpha value is -2.18. The second-order valence-corrected chi connectivity index (χ2v) is 5.44. The van der Waals surface area contributed by atoms with E-state index in [1.807, 2.05) is 0 Å². The summed E-state index contributed by atoms with van der Waals surface area (Å²) in [4.78, 5) is 22.3. The molecule has 1 aliphatic carbocycles. The highest BCUT2D eigenvalue weighted by Gasteiger charge is 2.42. The first-order valence-corrected chi connectivity index (χ1v) is 7.16. The lowest BCUT2D eigenvalue weighted by atomic mass is 9.71. The molecule has 0 bridgehead atoms. The number of benzene rings is 1. The lowest BCUT2D eigenvalue weighted by molar-refractivity contribution is -0.137. The number of urea groups is 1. The van der Waals surface area contributed by atoms with E-state index < -0.39 is 29.2 Å². The second kappa shape index (κ2) is 6.72. The van der Waals surface area contributed by atoms with Crippen molar-refractivity contribution in [3.63, 3.8) is 0 Å². The largest absolute Gasteiger partial charge is 0.481 e. The fourth-order valence-electron chi connectivity index (χ4n) is 2.57. The molecule has 0 spiro atoms. The molecule has 2 amide bonds. The average molecular weight is 312 g/mol. The number of nitrogens with one attached hydrogen (secondary N) is 2. The number of halogens is 2. The van der Waals surface area contributed by atoms with Gasteiger partial charge in [-0.1, -0.05) is 6.07 Å². The molecule has 7 heteroatoms. The van der Waals surface area contributed by atoms with Crippen LogP contribution in [0.15, 0.2) is 18.2 Å². The van der Waals surface area contributed by atoms with Crippen molar-refractivity contribution in [3.8, 4) is 0 Å². The predicted octanol–water partition coefficient (Wildman–Crippen LogP) is 2.51. The summed E-state index contributed by atoms with van der Waals surface area (Å²) in [6, 6.07) is 2.86. The van der Waals surface area contributed by atoms with Crippen LogP contribution in [0.2, 0.25) is 0 Å². The van der Waals surface area contributed by atoms with Crippen LogP contribution < -0.4 is 10.6 Å². The molecule has 0 radical (unpaired) electrons. The average Bonchev–Trinajstić information content (AvgIpc) is 2.39. The van der Waals surface area contributed by atoms with Gasteiger partial charge in [-0.25, -0.2) is 13.6 Å². The van der Waals surface area contributed by atoms with Crippen LogP contribution in [0.4, 0.5) is 13.6 Å². The number of rotatable bonds is 6. The molecule has 0 unspecified atom stereocenters. The van der Waals surface area contributed by atoms with Crippen molar-refractivity contribution in [3.05, 3.63) is 35.4 Å². The molecule has 22 heavy (non-hydrogen) atoms. The van der Waals surface area contributed by atoms with Gasteiger partial charge < -0.3 is 15.7 Å². The molecule has 1 saturated carbocycles. The molecule has 0 aromatic heterocycles. The second-order valence-electron chi connectivity index (χ2n) is 5.44. The minimum absolute atomic E-state index is 0.0297. The molecule has 1 fully saturated rings. The molecule has 0 saturated heterocycles. The number of hydrogen-bond donors (Lipinski definition) is 3. The SMILES string of the molecule is O=C(O)CCCNC(=O)NC1(c2ccc(F)cc2F)CCC1. The van der Waals surface area contributed by atoms with Gasteiger partial charge in [0.2, 0.25) is 0 Å².